The van der Waals surface area contributed by atoms with E-state index in [-0.39, 0.29) is 5.54 Å². The van der Waals surface area contributed by atoms with Crippen molar-refractivity contribution in [1.29, 1.82) is 0 Å². The molecule has 2 heterocycles. The Kier molecular flexibility index (Phi) is 4.86. The SMILES string of the molecule is CCC1CN(Cc2cc(C)nn2CC)C(C)(CC)CN1. The van der Waals surface area contributed by atoms with Gasteiger partial charge in [0, 0.05) is 37.8 Å². The van der Waals surface area contributed by atoms with Gasteiger partial charge in [0.25, 0.3) is 0 Å². The van der Waals surface area contributed by atoms with Crippen LogP contribution in [0.4, 0.5) is 0 Å². The van der Waals surface area contributed by atoms with E-state index in [1.165, 1.54) is 18.5 Å². The van der Waals surface area contributed by atoms with Crippen molar-refractivity contribution in [1.82, 2.24) is 20.0 Å². The summed E-state index contributed by atoms with van der Waals surface area (Å²) in [6.07, 6.45) is 2.37. The van der Waals surface area contributed by atoms with Gasteiger partial charge in [0.1, 0.15) is 0 Å². The summed E-state index contributed by atoms with van der Waals surface area (Å²) < 4.78 is 2.15. The Balaban J connectivity index is 2.18. The highest BCUT2D eigenvalue weighted by atomic mass is 15.3. The molecule has 0 radical (unpaired) electrons. The maximum Gasteiger partial charge on any atom is 0.0597 e. The summed E-state index contributed by atoms with van der Waals surface area (Å²) in [6.45, 7) is 15.4. The second-order valence-electron chi connectivity index (χ2n) is 6.31. The Morgan fingerprint density at radius 1 is 1.40 bits per heavy atom. The monoisotopic (exact) mass is 278 g/mol. The zero-order valence-electron chi connectivity index (χ0n) is 13.7. The van der Waals surface area contributed by atoms with E-state index < -0.39 is 0 Å². The molecule has 0 aromatic carbocycles. The van der Waals surface area contributed by atoms with E-state index in [0.29, 0.717) is 6.04 Å². The van der Waals surface area contributed by atoms with Crippen molar-refractivity contribution in [2.75, 3.05) is 13.1 Å². The van der Waals surface area contributed by atoms with Crippen LogP contribution in [0.25, 0.3) is 0 Å². The van der Waals surface area contributed by atoms with Crippen molar-refractivity contribution in [2.24, 2.45) is 0 Å². The summed E-state index contributed by atoms with van der Waals surface area (Å²) in [5.74, 6) is 0. The number of aryl methyl sites for hydroxylation is 2. The molecule has 2 unspecified atom stereocenters. The van der Waals surface area contributed by atoms with E-state index in [2.05, 4.69) is 60.7 Å². The largest absolute Gasteiger partial charge is 0.311 e. The van der Waals surface area contributed by atoms with Crippen molar-refractivity contribution in [3.05, 3.63) is 17.5 Å². The molecule has 2 rings (SSSR count). The second-order valence-corrected chi connectivity index (χ2v) is 6.31. The molecule has 0 aliphatic carbocycles. The molecule has 1 fully saturated rings. The molecule has 0 spiro atoms. The third-order valence-electron chi connectivity index (χ3n) is 4.87. The lowest BCUT2D eigenvalue weighted by Gasteiger charge is -2.47. The molecule has 4 nitrogen and oxygen atoms in total. The number of aromatic nitrogens is 2. The summed E-state index contributed by atoms with van der Waals surface area (Å²) in [6, 6.07) is 2.86. The van der Waals surface area contributed by atoms with Crippen LogP contribution in [-0.2, 0) is 13.1 Å². The van der Waals surface area contributed by atoms with Crippen LogP contribution in [0.1, 0.15) is 51.9 Å². The predicted octanol–water partition coefficient (Wildman–Crippen LogP) is 2.56. The van der Waals surface area contributed by atoms with Crippen molar-refractivity contribution >= 4 is 0 Å². The molecule has 4 heteroatoms. The first kappa shape index (κ1) is 15.5. The number of nitrogens with zero attached hydrogens (tertiary/aromatic N) is 3. The lowest BCUT2D eigenvalue weighted by molar-refractivity contribution is 0.0386. The number of piperazine rings is 1. The average molecular weight is 278 g/mol. The Morgan fingerprint density at radius 2 is 2.15 bits per heavy atom. The summed E-state index contributed by atoms with van der Waals surface area (Å²) in [5.41, 5.74) is 2.73. The van der Waals surface area contributed by atoms with Gasteiger partial charge in [0.2, 0.25) is 0 Å². The van der Waals surface area contributed by atoms with Gasteiger partial charge in [-0.05, 0) is 39.7 Å². The summed E-state index contributed by atoms with van der Waals surface area (Å²) >= 11 is 0. The van der Waals surface area contributed by atoms with E-state index in [1.807, 2.05) is 0 Å². The minimum absolute atomic E-state index is 0.252. The quantitative estimate of drug-likeness (QED) is 0.898. The topological polar surface area (TPSA) is 33.1 Å². The Labute approximate surface area is 123 Å². The van der Waals surface area contributed by atoms with Gasteiger partial charge in [-0.3, -0.25) is 9.58 Å². The highest BCUT2D eigenvalue weighted by Crippen LogP contribution is 2.26. The zero-order valence-corrected chi connectivity index (χ0v) is 13.7. The van der Waals surface area contributed by atoms with Gasteiger partial charge in [-0.1, -0.05) is 13.8 Å². The Bertz CT molecular complexity index is 440. The van der Waals surface area contributed by atoms with E-state index in [0.717, 1.165) is 31.9 Å². The fourth-order valence-corrected chi connectivity index (χ4v) is 3.10. The molecule has 114 valence electrons. The number of hydrogen-bond acceptors (Lipinski definition) is 3. The highest BCUT2D eigenvalue weighted by molar-refractivity contribution is 5.10. The third-order valence-corrected chi connectivity index (χ3v) is 4.87. The molecule has 1 saturated heterocycles. The lowest BCUT2D eigenvalue weighted by Crippen LogP contribution is -2.62. The van der Waals surface area contributed by atoms with Crippen molar-refractivity contribution in [3.8, 4) is 0 Å². The predicted molar refractivity (Wildman–Crippen MR) is 83.8 cm³/mol. The Hall–Kier alpha value is -0.870. The van der Waals surface area contributed by atoms with Crippen LogP contribution < -0.4 is 5.32 Å². The molecule has 1 aromatic heterocycles. The number of nitrogens with one attached hydrogen (secondary N) is 1. The maximum atomic E-state index is 4.58. The minimum atomic E-state index is 0.252. The van der Waals surface area contributed by atoms with Crippen LogP contribution in [0.5, 0.6) is 0 Å². The number of hydrogen-bond donors (Lipinski definition) is 1. The van der Waals surface area contributed by atoms with Crippen LogP contribution in [0.15, 0.2) is 6.07 Å². The first-order chi connectivity index (χ1) is 9.52. The standard InChI is InChI=1S/C16H30N4/c1-6-14-10-19(16(5,7-2)12-17-14)11-15-9-13(4)18-20(15)8-3/h9,14,17H,6-8,10-12H2,1-5H3. The van der Waals surface area contributed by atoms with E-state index in [1.54, 1.807) is 0 Å². The van der Waals surface area contributed by atoms with Crippen LogP contribution in [0, 0.1) is 6.92 Å². The van der Waals surface area contributed by atoms with Crippen molar-refractivity contribution in [3.63, 3.8) is 0 Å². The van der Waals surface area contributed by atoms with Crippen LogP contribution >= 0.6 is 0 Å². The minimum Gasteiger partial charge on any atom is -0.311 e. The molecule has 20 heavy (non-hydrogen) atoms. The van der Waals surface area contributed by atoms with E-state index >= 15 is 0 Å². The van der Waals surface area contributed by atoms with Crippen molar-refractivity contribution in [2.45, 2.75) is 72.1 Å². The van der Waals surface area contributed by atoms with E-state index in [9.17, 15) is 0 Å². The molecule has 1 aromatic rings. The van der Waals surface area contributed by atoms with Gasteiger partial charge >= 0.3 is 0 Å². The fourth-order valence-electron chi connectivity index (χ4n) is 3.10. The molecule has 2 atom stereocenters. The van der Waals surface area contributed by atoms with Crippen LogP contribution in [0.3, 0.4) is 0 Å². The summed E-state index contributed by atoms with van der Waals surface area (Å²) in [7, 11) is 0. The van der Waals surface area contributed by atoms with Crippen LogP contribution in [-0.4, -0.2) is 39.4 Å². The normalized spacial score (nSPS) is 27.9. The molecule has 0 saturated carbocycles. The van der Waals surface area contributed by atoms with Gasteiger partial charge < -0.3 is 5.32 Å². The molecule has 0 bridgehead atoms. The number of rotatable bonds is 5. The second kappa shape index (κ2) is 6.27. The highest BCUT2D eigenvalue weighted by Gasteiger charge is 2.36. The average Bonchev–Trinajstić information content (AvgIpc) is 2.81. The third kappa shape index (κ3) is 3.07. The molecule has 1 N–H and O–H groups in total. The molecular formula is C16H30N4. The lowest BCUT2D eigenvalue weighted by atomic mass is 9.91. The van der Waals surface area contributed by atoms with Gasteiger partial charge in [0.05, 0.1) is 11.4 Å². The van der Waals surface area contributed by atoms with Gasteiger partial charge in [-0.2, -0.15) is 5.10 Å². The Morgan fingerprint density at radius 3 is 2.75 bits per heavy atom. The summed E-state index contributed by atoms with van der Waals surface area (Å²) in [5, 5.41) is 8.28. The van der Waals surface area contributed by atoms with Gasteiger partial charge in [-0.15, -0.1) is 0 Å². The molecule has 1 aliphatic heterocycles. The fraction of sp³-hybridized carbons (Fsp3) is 0.812. The maximum absolute atomic E-state index is 4.58. The van der Waals surface area contributed by atoms with Gasteiger partial charge in [-0.25, -0.2) is 0 Å². The first-order valence-electron chi connectivity index (χ1n) is 8.04. The smallest absolute Gasteiger partial charge is 0.0597 e. The summed E-state index contributed by atoms with van der Waals surface area (Å²) in [4.78, 5) is 2.65. The molecular weight excluding hydrogens is 248 g/mol. The molecule has 1 aliphatic rings. The van der Waals surface area contributed by atoms with Crippen LogP contribution in [0.2, 0.25) is 0 Å². The van der Waals surface area contributed by atoms with Gasteiger partial charge in [0.15, 0.2) is 0 Å². The van der Waals surface area contributed by atoms with Crippen molar-refractivity contribution < 1.29 is 0 Å². The van der Waals surface area contributed by atoms with E-state index in [4.69, 9.17) is 0 Å². The zero-order chi connectivity index (χ0) is 14.8. The first-order valence-corrected chi connectivity index (χ1v) is 8.04. The molecule has 0 amide bonds.